The lowest BCUT2D eigenvalue weighted by Gasteiger charge is -2.20. The first-order valence-corrected chi connectivity index (χ1v) is 7.82. The fourth-order valence-corrected chi connectivity index (χ4v) is 2.20. The van der Waals surface area contributed by atoms with Crippen LogP contribution in [0.4, 0.5) is 0 Å². The lowest BCUT2D eigenvalue weighted by Crippen LogP contribution is -2.31. The second kappa shape index (κ2) is 8.08. The number of benzene rings is 1. The van der Waals surface area contributed by atoms with Crippen LogP contribution in [-0.2, 0) is 16.1 Å². The van der Waals surface area contributed by atoms with Crippen LogP contribution in [0, 0.1) is 6.92 Å². The average Bonchev–Trinajstić information content (AvgIpc) is 2.95. The molecule has 0 unspecified atom stereocenters. The molecule has 23 heavy (non-hydrogen) atoms. The molecule has 0 N–H and O–H groups in total. The van der Waals surface area contributed by atoms with Crippen molar-refractivity contribution in [2.24, 2.45) is 0 Å². The van der Waals surface area contributed by atoms with Crippen molar-refractivity contribution in [3.63, 3.8) is 0 Å². The molecule has 2 aromatic rings. The van der Waals surface area contributed by atoms with Crippen LogP contribution in [0.2, 0.25) is 5.02 Å². The van der Waals surface area contributed by atoms with Crippen LogP contribution in [0.5, 0.6) is 0 Å². The Kier molecular flexibility index (Phi) is 6.12. The van der Waals surface area contributed by atoms with Gasteiger partial charge in [0.1, 0.15) is 0 Å². The first-order valence-electron chi connectivity index (χ1n) is 7.44. The van der Waals surface area contributed by atoms with Crippen LogP contribution >= 0.6 is 11.6 Å². The number of rotatable bonds is 7. The Morgan fingerprint density at radius 2 is 2.04 bits per heavy atom. The van der Waals surface area contributed by atoms with Crippen molar-refractivity contribution in [2.45, 2.75) is 33.4 Å². The summed E-state index contributed by atoms with van der Waals surface area (Å²) in [6.07, 6.45) is -0.557. The summed E-state index contributed by atoms with van der Waals surface area (Å²) in [7, 11) is 0. The number of aromatic nitrogens is 2. The molecule has 0 fully saturated rings. The average molecular weight is 338 g/mol. The number of likely N-dealkylation sites (N-methyl/N-ethyl adjacent to an activating group) is 1. The third kappa shape index (κ3) is 5.33. The summed E-state index contributed by atoms with van der Waals surface area (Å²) in [4.78, 5) is 14.1. The Morgan fingerprint density at radius 1 is 1.35 bits per heavy atom. The van der Waals surface area contributed by atoms with Crippen LogP contribution in [0.15, 0.2) is 28.7 Å². The van der Waals surface area contributed by atoms with Gasteiger partial charge in [-0.2, -0.15) is 0 Å². The molecule has 1 aromatic carbocycles. The van der Waals surface area contributed by atoms with Crippen LogP contribution in [0.3, 0.4) is 0 Å². The van der Waals surface area contributed by atoms with Crippen LogP contribution in [0.1, 0.15) is 37.3 Å². The van der Waals surface area contributed by atoms with E-state index in [1.807, 2.05) is 36.1 Å². The summed E-state index contributed by atoms with van der Waals surface area (Å²) < 4.78 is 10.6. The highest BCUT2D eigenvalue weighted by atomic mass is 35.5. The number of hydrogen-bond donors (Lipinski definition) is 0. The molecular formula is C16H20ClN3O3. The van der Waals surface area contributed by atoms with Gasteiger partial charge in [0.25, 0.3) is 5.89 Å². The topological polar surface area (TPSA) is 68.5 Å². The molecule has 0 radical (unpaired) electrons. The minimum atomic E-state index is -0.557. The van der Waals surface area contributed by atoms with Gasteiger partial charge in [0.15, 0.2) is 6.10 Å². The van der Waals surface area contributed by atoms with E-state index < -0.39 is 6.10 Å². The lowest BCUT2D eigenvalue weighted by atomic mass is 10.2. The second-order valence-corrected chi connectivity index (χ2v) is 5.66. The van der Waals surface area contributed by atoms with E-state index in [-0.39, 0.29) is 12.5 Å². The van der Waals surface area contributed by atoms with Crippen molar-refractivity contribution in [2.75, 3.05) is 13.1 Å². The molecule has 0 saturated heterocycles. The summed E-state index contributed by atoms with van der Waals surface area (Å²) >= 11 is 5.88. The van der Waals surface area contributed by atoms with E-state index in [0.29, 0.717) is 23.3 Å². The maximum atomic E-state index is 12.1. The van der Waals surface area contributed by atoms with Crippen molar-refractivity contribution in [3.8, 4) is 0 Å². The molecule has 2 rings (SSSR count). The van der Waals surface area contributed by atoms with Gasteiger partial charge >= 0.3 is 5.97 Å². The minimum absolute atomic E-state index is 0.191. The predicted molar refractivity (Wildman–Crippen MR) is 85.9 cm³/mol. The smallest absolute Gasteiger partial charge is 0.320 e. The Labute approximate surface area is 140 Å². The van der Waals surface area contributed by atoms with E-state index >= 15 is 0 Å². The van der Waals surface area contributed by atoms with Crippen molar-refractivity contribution in [1.82, 2.24) is 15.1 Å². The van der Waals surface area contributed by atoms with Crippen molar-refractivity contribution in [3.05, 3.63) is 46.6 Å². The molecular weight excluding hydrogens is 318 g/mol. The van der Waals surface area contributed by atoms with Gasteiger partial charge in [-0.25, -0.2) is 0 Å². The van der Waals surface area contributed by atoms with E-state index in [0.717, 1.165) is 12.1 Å². The van der Waals surface area contributed by atoms with Crippen LogP contribution in [-0.4, -0.2) is 34.2 Å². The molecule has 1 heterocycles. The number of carbonyl (C=O) groups is 1. The summed E-state index contributed by atoms with van der Waals surface area (Å²) in [5, 5.41) is 8.27. The first-order chi connectivity index (χ1) is 11.0. The third-order valence-corrected chi connectivity index (χ3v) is 3.57. The number of aryl methyl sites for hydroxylation is 1. The van der Waals surface area contributed by atoms with E-state index in [4.69, 9.17) is 20.8 Å². The zero-order valence-electron chi connectivity index (χ0n) is 13.5. The molecule has 0 bridgehead atoms. The van der Waals surface area contributed by atoms with E-state index in [2.05, 4.69) is 10.2 Å². The fourth-order valence-electron chi connectivity index (χ4n) is 2.07. The van der Waals surface area contributed by atoms with Crippen molar-refractivity contribution >= 4 is 17.6 Å². The number of nitrogens with zero attached hydrogens (tertiary/aromatic N) is 3. The Hall–Kier alpha value is -1.92. The van der Waals surface area contributed by atoms with E-state index in [1.54, 1.807) is 13.8 Å². The van der Waals surface area contributed by atoms with Gasteiger partial charge in [-0.15, -0.1) is 10.2 Å². The monoisotopic (exact) mass is 337 g/mol. The SMILES string of the molecule is CCN(CC(=O)O[C@@H](C)c1nnc(C)o1)Cc1ccc(Cl)cc1. The summed E-state index contributed by atoms with van der Waals surface area (Å²) in [6, 6.07) is 7.56. The number of hydrogen-bond acceptors (Lipinski definition) is 6. The van der Waals surface area contributed by atoms with Gasteiger partial charge in [0.2, 0.25) is 5.89 Å². The molecule has 6 nitrogen and oxygen atoms in total. The highest BCUT2D eigenvalue weighted by Crippen LogP contribution is 2.16. The van der Waals surface area contributed by atoms with E-state index in [1.165, 1.54) is 0 Å². The Balaban J connectivity index is 1.87. The third-order valence-electron chi connectivity index (χ3n) is 3.32. The molecule has 0 saturated carbocycles. The van der Waals surface area contributed by atoms with Gasteiger partial charge in [-0.05, 0) is 31.2 Å². The highest BCUT2D eigenvalue weighted by Gasteiger charge is 2.19. The minimum Gasteiger partial charge on any atom is -0.452 e. The number of ether oxygens (including phenoxy) is 1. The maximum Gasteiger partial charge on any atom is 0.320 e. The normalized spacial score (nSPS) is 12.4. The molecule has 0 aliphatic rings. The number of esters is 1. The first kappa shape index (κ1) is 17.4. The van der Waals surface area contributed by atoms with Crippen LogP contribution in [0.25, 0.3) is 0 Å². The largest absolute Gasteiger partial charge is 0.452 e. The summed E-state index contributed by atoms with van der Waals surface area (Å²) in [6.45, 7) is 6.96. The fraction of sp³-hybridized carbons (Fsp3) is 0.438. The second-order valence-electron chi connectivity index (χ2n) is 5.22. The Bertz CT molecular complexity index is 642. The number of carbonyl (C=O) groups excluding carboxylic acids is 1. The number of halogens is 1. The van der Waals surface area contributed by atoms with Crippen molar-refractivity contribution < 1.29 is 13.9 Å². The van der Waals surface area contributed by atoms with Gasteiger partial charge in [-0.1, -0.05) is 30.7 Å². The molecule has 0 aliphatic heterocycles. The quantitative estimate of drug-likeness (QED) is 0.723. The van der Waals surface area contributed by atoms with Crippen molar-refractivity contribution in [1.29, 1.82) is 0 Å². The zero-order valence-corrected chi connectivity index (χ0v) is 14.2. The molecule has 124 valence electrons. The molecule has 0 aliphatic carbocycles. The standard InChI is InChI=1S/C16H20ClN3O3/c1-4-20(9-13-5-7-14(17)8-6-13)10-15(21)22-11(2)16-19-18-12(3)23-16/h5-8,11H,4,9-10H2,1-3H3/t11-/m0/s1. The van der Waals surface area contributed by atoms with Gasteiger partial charge in [-0.3, -0.25) is 9.69 Å². The maximum absolute atomic E-state index is 12.1. The molecule has 1 atom stereocenters. The summed E-state index contributed by atoms with van der Waals surface area (Å²) in [5.41, 5.74) is 1.09. The van der Waals surface area contributed by atoms with Gasteiger partial charge in [0, 0.05) is 18.5 Å². The highest BCUT2D eigenvalue weighted by molar-refractivity contribution is 6.30. The van der Waals surface area contributed by atoms with Gasteiger partial charge in [0.05, 0.1) is 6.54 Å². The van der Waals surface area contributed by atoms with Gasteiger partial charge < -0.3 is 9.15 Å². The molecule has 0 amide bonds. The molecule has 0 spiro atoms. The zero-order chi connectivity index (χ0) is 16.8. The Morgan fingerprint density at radius 3 is 2.61 bits per heavy atom. The summed E-state index contributed by atoms with van der Waals surface area (Å²) in [5.74, 6) is 0.418. The van der Waals surface area contributed by atoms with Crippen LogP contribution < -0.4 is 0 Å². The molecule has 7 heteroatoms. The molecule has 1 aromatic heterocycles. The lowest BCUT2D eigenvalue weighted by molar-refractivity contribution is -0.151. The van der Waals surface area contributed by atoms with E-state index in [9.17, 15) is 4.79 Å². The predicted octanol–water partition coefficient (Wildman–Crippen LogP) is 3.16.